The van der Waals surface area contributed by atoms with Crippen LogP contribution >= 0.6 is 11.3 Å². The molecule has 1 aromatic carbocycles. The molecule has 0 aliphatic rings. The van der Waals surface area contributed by atoms with Crippen molar-refractivity contribution in [3.05, 3.63) is 41.5 Å². The zero-order valence-corrected chi connectivity index (χ0v) is 13.3. The van der Waals surface area contributed by atoms with Crippen molar-refractivity contribution >= 4 is 39.0 Å². The van der Waals surface area contributed by atoms with Crippen LogP contribution in [0.2, 0.25) is 0 Å². The maximum atomic E-state index is 12.3. The maximum Gasteiger partial charge on any atom is 0.275 e. The van der Waals surface area contributed by atoms with Crippen LogP contribution < -0.4 is 10.6 Å². The molecule has 0 saturated carbocycles. The first-order valence-corrected chi connectivity index (χ1v) is 8.08. The van der Waals surface area contributed by atoms with Crippen molar-refractivity contribution < 1.29 is 4.79 Å². The lowest BCUT2D eigenvalue weighted by molar-refractivity contribution is 0.102. The molecule has 1 amide bonds. The molecule has 6 heteroatoms. The summed E-state index contributed by atoms with van der Waals surface area (Å²) in [6, 6.07) is 7.72. The Morgan fingerprint density at radius 3 is 3.05 bits per heavy atom. The fourth-order valence-electron chi connectivity index (χ4n) is 2.13. The number of carbonyl (C=O) groups excluding carboxylic acids is 1. The molecule has 0 aliphatic carbocycles. The van der Waals surface area contributed by atoms with Crippen molar-refractivity contribution in [2.45, 2.75) is 13.8 Å². The molecule has 3 aromatic rings. The van der Waals surface area contributed by atoms with Gasteiger partial charge in [-0.15, -0.1) is 11.3 Å². The third kappa shape index (κ3) is 3.12. The number of fused-ring (bicyclic) bond motifs is 1. The summed E-state index contributed by atoms with van der Waals surface area (Å²) in [7, 11) is 0. The Labute approximate surface area is 132 Å². The minimum atomic E-state index is -0.192. The molecule has 2 aromatic heterocycles. The van der Waals surface area contributed by atoms with Gasteiger partial charge in [0.05, 0.1) is 5.69 Å². The van der Waals surface area contributed by atoms with Gasteiger partial charge in [-0.3, -0.25) is 4.79 Å². The molecule has 0 unspecified atom stereocenters. The second-order valence-electron chi connectivity index (χ2n) is 5.51. The van der Waals surface area contributed by atoms with E-state index in [0.29, 0.717) is 11.6 Å². The fraction of sp³-hybridized carbons (Fsp3) is 0.250. The lowest BCUT2D eigenvalue weighted by Gasteiger charge is -2.05. The number of benzene rings is 1. The van der Waals surface area contributed by atoms with E-state index in [1.54, 1.807) is 5.38 Å². The predicted octanol–water partition coefficient (Wildman–Crippen LogP) is 3.94. The molecule has 5 nitrogen and oxygen atoms in total. The monoisotopic (exact) mass is 314 g/mol. The molecule has 114 valence electrons. The zero-order chi connectivity index (χ0) is 15.5. The molecule has 0 fully saturated rings. The number of amides is 1. The molecule has 0 aliphatic heterocycles. The average molecular weight is 314 g/mol. The van der Waals surface area contributed by atoms with Gasteiger partial charge in [0.15, 0.2) is 5.13 Å². The summed E-state index contributed by atoms with van der Waals surface area (Å²) in [6.45, 7) is 5.11. The van der Waals surface area contributed by atoms with E-state index < -0.39 is 0 Å². The number of nitrogens with one attached hydrogen (secondary N) is 3. The SMILES string of the molecule is CC(C)CNc1nc(C(=O)Nc2cccc3[nH]ccc23)cs1. The van der Waals surface area contributed by atoms with Crippen molar-refractivity contribution in [1.29, 1.82) is 0 Å². The summed E-state index contributed by atoms with van der Waals surface area (Å²) in [6.07, 6.45) is 1.86. The Morgan fingerprint density at radius 1 is 1.36 bits per heavy atom. The number of carbonyl (C=O) groups is 1. The van der Waals surface area contributed by atoms with Gasteiger partial charge in [0.25, 0.3) is 5.91 Å². The van der Waals surface area contributed by atoms with Crippen LogP contribution in [0.15, 0.2) is 35.8 Å². The van der Waals surface area contributed by atoms with Gasteiger partial charge in [0, 0.05) is 29.0 Å². The summed E-state index contributed by atoms with van der Waals surface area (Å²) in [5.41, 5.74) is 2.22. The van der Waals surface area contributed by atoms with Crippen LogP contribution in [0.25, 0.3) is 10.9 Å². The molecule has 22 heavy (non-hydrogen) atoms. The summed E-state index contributed by atoms with van der Waals surface area (Å²) in [5.74, 6) is 0.343. The number of hydrogen-bond acceptors (Lipinski definition) is 4. The van der Waals surface area contributed by atoms with Crippen molar-refractivity contribution in [2.24, 2.45) is 5.92 Å². The molecule has 2 heterocycles. The molecule has 0 bridgehead atoms. The number of anilines is 2. The third-order valence-electron chi connectivity index (χ3n) is 3.24. The summed E-state index contributed by atoms with van der Waals surface area (Å²) >= 11 is 1.45. The van der Waals surface area contributed by atoms with Gasteiger partial charge in [0.2, 0.25) is 0 Å². The predicted molar refractivity (Wildman–Crippen MR) is 91.7 cm³/mol. The summed E-state index contributed by atoms with van der Waals surface area (Å²) in [4.78, 5) is 19.8. The van der Waals surface area contributed by atoms with Gasteiger partial charge < -0.3 is 15.6 Å². The Kier molecular flexibility index (Phi) is 4.11. The number of thiazole rings is 1. The van der Waals surface area contributed by atoms with E-state index in [-0.39, 0.29) is 5.91 Å². The standard InChI is InChI=1S/C16H18N4OS/c1-10(2)8-18-16-20-14(9-22-16)15(21)19-13-5-3-4-12-11(13)6-7-17-12/h3-7,9-10,17H,8H2,1-2H3,(H,18,20)(H,19,21). The summed E-state index contributed by atoms with van der Waals surface area (Å²) < 4.78 is 0. The van der Waals surface area contributed by atoms with Crippen LogP contribution in [0.1, 0.15) is 24.3 Å². The van der Waals surface area contributed by atoms with Crippen LogP contribution in [0, 0.1) is 5.92 Å². The minimum Gasteiger partial charge on any atom is -0.361 e. The van der Waals surface area contributed by atoms with Gasteiger partial charge in [-0.25, -0.2) is 4.98 Å². The highest BCUT2D eigenvalue weighted by Crippen LogP contribution is 2.23. The van der Waals surface area contributed by atoms with Gasteiger partial charge >= 0.3 is 0 Å². The number of nitrogens with zero attached hydrogens (tertiary/aromatic N) is 1. The van der Waals surface area contributed by atoms with E-state index in [2.05, 4.69) is 34.4 Å². The Bertz CT molecular complexity index is 790. The highest BCUT2D eigenvalue weighted by molar-refractivity contribution is 7.13. The van der Waals surface area contributed by atoms with Gasteiger partial charge in [-0.05, 0) is 24.1 Å². The molecule has 0 spiro atoms. The first kappa shape index (κ1) is 14.6. The normalized spacial score (nSPS) is 11.0. The Morgan fingerprint density at radius 2 is 2.23 bits per heavy atom. The first-order valence-electron chi connectivity index (χ1n) is 7.20. The minimum absolute atomic E-state index is 0.192. The molecule has 0 radical (unpaired) electrons. The smallest absolute Gasteiger partial charge is 0.275 e. The summed E-state index contributed by atoms with van der Waals surface area (Å²) in [5, 5.41) is 9.69. The van der Waals surface area contributed by atoms with Crippen molar-refractivity contribution in [3.8, 4) is 0 Å². The first-order chi connectivity index (χ1) is 10.6. The van der Waals surface area contributed by atoms with Crippen molar-refractivity contribution in [3.63, 3.8) is 0 Å². The molecule has 3 rings (SSSR count). The van der Waals surface area contributed by atoms with Gasteiger partial charge in [0.1, 0.15) is 5.69 Å². The van der Waals surface area contributed by atoms with Crippen molar-refractivity contribution in [1.82, 2.24) is 9.97 Å². The van der Waals surface area contributed by atoms with E-state index in [9.17, 15) is 4.79 Å². The van der Waals surface area contributed by atoms with E-state index in [1.165, 1.54) is 11.3 Å². The number of aromatic nitrogens is 2. The second kappa shape index (κ2) is 6.19. The van der Waals surface area contributed by atoms with Gasteiger partial charge in [-0.1, -0.05) is 19.9 Å². The zero-order valence-electron chi connectivity index (χ0n) is 12.5. The van der Waals surface area contributed by atoms with Crippen LogP contribution in [0.4, 0.5) is 10.8 Å². The largest absolute Gasteiger partial charge is 0.361 e. The quantitative estimate of drug-likeness (QED) is 0.668. The maximum absolute atomic E-state index is 12.3. The number of rotatable bonds is 5. The fourth-order valence-corrected chi connectivity index (χ4v) is 2.83. The average Bonchev–Trinajstić information content (AvgIpc) is 3.14. The lowest BCUT2D eigenvalue weighted by Crippen LogP contribution is -2.13. The number of H-pyrrole nitrogens is 1. The highest BCUT2D eigenvalue weighted by atomic mass is 32.1. The lowest BCUT2D eigenvalue weighted by atomic mass is 10.2. The van der Waals surface area contributed by atoms with E-state index >= 15 is 0 Å². The molecular weight excluding hydrogens is 296 g/mol. The van der Waals surface area contributed by atoms with Crippen LogP contribution in [0.3, 0.4) is 0 Å². The molecule has 0 atom stereocenters. The van der Waals surface area contributed by atoms with E-state index in [1.807, 2.05) is 30.5 Å². The Balaban J connectivity index is 1.73. The number of hydrogen-bond donors (Lipinski definition) is 3. The Hall–Kier alpha value is -2.34. The number of aromatic amines is 1. The van der Waals surface area contributed by atoms with Gasteiger partial charge in [-0.2, -0.15) is 0 Å². The van der Waals surface area contributed by atoms with Crippen LogP contribution in [0.5, 0.6) is 0 Å². The topological polar surface area (TPSA) is 69.8 Å². The van der Waals surface area contributed by atoms with Crippen LogP contribution in [-0.4, -0.2) is 22.4 Å². The van der Waals surface area contributed by atoms with E-state index in [0.717, 1.165) is 28.3 Å². The molecule has 0 saturated heterocycles. The second-order valence-corrected chi connectivity index (χ2v) is 6.37. The third-order valence-corrected chi connectivity index (χ3v) is 4.04. The highest BCUT2D eigenvalue weighted by Gasteiger charge is 2.12. The molecular formula is C16H18N4OS. The molecule has 3 N–H and O–H groups in total. The van der Waals surface area contributed by atoms with Crippen LogP contribution in [-0.2, 0) is 0 Å². The van der Waals surface area contributed by atoms with E-state index in [4.69, 9.17) is 0 Å². The van der Waals surface area contributed by atoms with Crippen molar-refractivity contribution in [2.75, 3.05) is 17.2 Å².